The molecule has 2 aromatic carbocycles. The largest absolute Gasteiger partial charge is 0.336 e. The zero-order valence-corrected chi connectivity index (χ0v) is 20.6. The minimum atomic E-state index is -3.69. The molecule has 2 aromatic rings. The number of nitrogens with one attached hydrogen (secondary N) is 1. The summed E-state index contributed by atoms with van der Waals surface area (Å²) < 4.78 is 54.2. The summed E-state index contributed by atoms with van der Waals surface area (Å²) in [7, 11) is -5.94. The summed E-state index contributed by atoms with van der Waals surface area (Å²) in [6.45, 7) is 8.39. The average Bonchev–Trinajstić information content (AvgIpc) is 2.77. The van der Waals surface area contributed by atoms with Crippen molar-refractivity contribution in [1.82, 2.24) is 13.9 Å². The minimum absolute atomic E-state index is 0.0756. The highest BCUT2D eigenvalue weighted by Gasteiger charge is 2.33. The van der Waals surface area contributed by atoms with Gasteiger partial charge in [0.2, 0.25) is 20.0 Å². The summed E-state index contributed by atoms with van der Waals surface area (Å²) >= 11 is 0. The fourth-order valence-electron chi connectivity index (χ4n) is 3.91. The Kier molecular flexibility index (Phi) is 6.80. The monoisotopic (exact) mass is 479 g/mol. The first kappa shape index (κ1) is 24.4. The Morgan fingerprint density at radius 2 is 1.34 bits per heavy atom. The summed E-state index contributed by atoms with van der Waals surface area (Å²) in [4.78, 5) is 14.9. The molecule has 0 aliphatic carbocycles. The number of carbonyl (C=O) groups excluding carboxylic acids is 1. The Morgan fingerprint density at radius 3 is 1.81 bits per heavy atom. The van der Waals surface area contributed by atoms with Crippen LogP contribution < -0.4 is 4.72 Å². The molecule has 3 rings (SSSR count). The van der Waals surface area contributed by atoms with Crippen LogP contribution in [0.15, 0.2) is 40.1 Å². The lowest BCUT2D eigenvalue weighted by Gasteiger charge is -2.35. The third-order valence-corrected chi connectivity index (χ3v) is 9.70. The molecule has 174 valence electrons. The molecule has 0 spiro atoms. The van der Waals surface area contributed by atoms with Gasteiger partial charge < -0.3 is 4.90 Å². The van der Waals surface area contributed by atoms with Crippen LogP contribution in [0, 0.1) is 27.7 Å². The molecule has 1 heterocycles. The van der Waals surface area contributed by atoms with Crippen molar-refractivity contribution in [2.45, 2.75) is 37.5 Å². The zero-order valence-electron chi connectivity index (χ0n) is 19.0. The Morgan fingerprint density at radius 1 is 0.844 bits per heavy atom. The van der Waals surface area contributed by atoms with Gasteiger partial charge in [-0.25, -0.2) is 21.6 Å². The number of hydrogen-bond donors (Lipinski definition) is 1. The summed E-state index contributed by atoms with van der Waals surface area (Å²) in [5.41, 5.74) is 3.73. The smallest absolute Gasteiger partial charge is 0.253 e. The van der Waals surface area contributed by atoms with Gasteiger partial charge in [-0.2, -0.15) is 4.31 Å². The lowest BCUT2D eigenvalue weighted by molar-refractivity contribution is 0.0697. The summed E-state index contributed by atoms with van der Waals surface area (Å²) in [6, 6.07) is 7.69. The fourth-order valence-corrected chi connectivity index (χ4v) is 6.63. The van der Waals surface area contributed by atoms with Crippen LogP contribution in [0.3, 0.4) is 0 Å². The number of aryl methyl sites for hydroxylation is 2. The molecule has 1 saturated heterocycles. The molecule has 0 aromatic heterocycles. The number of carbonyl (C=O) groups is 1. The van der Waals surface area contributed by atoms with Crippen LogP contribution in [-0.2, 0) is 20.0 Å². The molecular weight excluding hydrogens is 450 g/mol. The van der Waals surface area contributed by atoms with Gasteiger partial charge in [0.15, 0.2) is 0 Å². The summed E-state index contributed by atoms with van der Waals surface area (Å²) in [5.74, 6) is -0.255. The first-order valence-electron chi connectivity index (χ1n) is 10.3. The number of nitrogens with zero attached hydrogens (tertiary/aromatic N) is 2. The molecule has 10 heteroatoms. The normalized spacial score (nSPS) is 15.7. The Bertz CT molecular complexity index is 1220. The van der Waals surface area contributed by atoms with E-state index in [2.05, 4.69) is 4.72 Å². The molecule has 8 nitrogen and oxygen atoms in total. The topological polar surface area (TPSA) is 104 Å². The van der Waals surface area contributed by atoms with E-state index in [1.54, 1.807) is 4.90 Å². The highest BCUT2D eigenvalue weighted by Crippen LogP contribution is 2.29. The number of hydrogen-bond acceptors (Lipinski definition) is 5. The van der Waals surface area contributed by atoms with E-state index in [0.29, 0.717) is 10.5 Å². The molecule has 0 atom stereocenters. The lowest BCUT2D eigenvalue weighted by Crippen LogP contribution is -2.50. The van der Waals surface area contributed by atoms with Gasteiger partial charge in [0.05, 0.1) is 9.79 Å². The van der Waals surface area contributed by atoms with E-state index in [1.165, 1.54) is 35.6 Å². The second kappa shape index (κ2) is 8.93. The number of sulfonamides is 2. The molecule has 1 N–H and O–H groups in total. The molecule has 0 saturated carbocycles. The first-order chi connectivity index (χ1) is 14.9. The van der Waals surface area contributed by atoms with Gasteiger partial charge in [-0.15, -0.1) is 0 Å². The Hall–Kier alpha value is -2.27. The van der Waals surface area contributed by atoms with E-state index in [4.69, 9.17) is 0 Å². The average molecular weight is 480 g/mol. The van der Waals surface area contributed by atoms with Crippen LogP contribution in [-0.4, -0.2) is 65.2 Å². The summed E-state index contributed by atoms with van der Waals surface area (Å²) in [5, 5.41) is 0. The van der Waals surface area contributed by atoms with Crippen molar-refractivity contribution < 1.29 is 21.6 Å². The minimum Gasteiger partial charge on any atom is -0.336 e. The van der Waals surface area contributed by atoms with Crippen molar-refractivity contribution in [3.63, 3.8) is 0 Å². The molecule has 1 fully saturated rings. The van der Waals surface area contributed by atoms with E-state index >= 15 is 0 Å². The standard InChI is InChI=1S/C22H29N3O5S2/c1-15-14-16(2)18(4)21(17(15)3)32(29,30)25-12-10-24(11-13-25)22(26)19-6-8-20(9-7-19)31(27,28)23-5/h6-9,14,23H,10-13H2,1-5H3. The Labute approximate surface area is 190 Å². The second-order valence-corrected chi connectivity index (χ2v) is 11.8. The van der Waals surface area contributed by atoms with Crippen molar-refractivity contribution >= 4 is 26.0 Å². The van der Waals surface area contributed by atoms with Gasteiger partial charge in [-0.1, -0.05) is 6.07 Å². The van der Waals surface area contributed by atoms with Crippen LogP contribution in [0.2, 0.25) is 0 Å². The van der Waals surface area contributed by atoms with Crippen LogP contribution in [0.1, 0.15) is 32.6 Å². The van der Waals surface area contributed by atoms with E-state index < -0.39 is 20.0 Å². The quantitative estimate of drug-likeness (QED) is 0.706. The third kappa shape index (κ3) is 4.45. The van der Waals surface area contributed by atoms with Crippen LogP contribution in [0.25, 0.3) is 0 Å². The molecule has 1 amide bonds. The first-order valence-corrected chi connectivity index (χ1v) is 13.2. The fraction of sp³-hybridized carbons (Fsp3) is 0.409. The van der Waals surface area contributed by atoms with Crippen LogP contribution >= 0.6 is 0 Å². The van der Waals surface area contributed by atoms with Gasteiger partial charge >= 0.3 is 0 Å². The Balaban J connectivity index is 1.76. The number of rotatable bonds is 5. The maximum atomic E-state index is 13.4. The molecule has 0 radical (unpaired) electrons. The lowest BCUT2D eigenvalue weighted by atomic mass is 10.0. The molecule has 0 unspecified atom stereocenters. The SMILES string of the molecule is CNS(=O)(=O)c1ccc(C(=O)N2CCN(S(=O)(=O)c3c(C)c(C)cc(C)c3C)CC2)cc1. The van der Waals surface area contributed by atoms with E-state index in [-0.39, 0.29) is 37.0 Å². The highest BCUT2D eigenvalue weighted by molar-refractivity contribution is 7.89. The van der Waals surface area contributed by atoms with Crippen molar-refractivity contribution in [1.29, 1.82) is 0 Å². The van der Waals surface area contributed by atoms with Crippen molar-refractivity contribution in [3.05, 3.63) is 58.1 Å². The van der Waals surface area contributed by atoms with Crippen molar-refractivity contribution in [2.24, 2.45) is 0 Å². The van der Waals surface area contributed by atoms with E-state index in [1.807, 2.05) is 33.8 Å². The molecule has 0 bridgehead atoms. The third-order valence-electron chi connectivity index (χ3n) is 6.10. The number of piperazine rings is 1. The summed E-state index contributed by atoms with van der Waals surface area (Å²) in [6.07, 6.45) is 0. The predicted molar refractivity (Wildman–Crippen MR) is 123 cm³/mol. The van der Waals surface area contributed by atoms with E-state index in [9.17, 15) is 21.6 Å². The van der Waals surface area contributed by atoms with Gasteiger partial charge in [0, 0.05) is 31.7 Å². The molecule has 1 aliphatic rings. The van der Waals surface area contributed by atoms with Gasteiger partial charge in [0.25, 0.3) is 5.91 Å². The van der Waals surface area contributed by atoms with Gasteiger partial charge in [0.1, 0.15) is 0 Å². The van der Waals surface area contributed by atoms with E-state index in [0.717, 1.165) is 22.3 Å². The number of benzene rings is 2. The zero-order chi connectivity index (χ0) is 23.8. The van der Waals surface area contributed by atoms with Gasteiger partial charge in [-0.3, -0.25) is 4.79 Å². The predicted octanol–water partition coefficient (Wildman–Crippen LogP) is 1.98. The molecule has 1 aliphatic heterocycles. The van der Waals surface area contributed by atoms with Crippen LogP contribution in [0.4, 0.5) is 0 Å². The number of amides is 1. The van der Waals surface area contributed by atoms with Crippen molar-refractivity contribution in [2.75, 3.05) is 33.2 Å². The highest BCUT2D eigenvalue weighted by atomic mass is 32.2. The van der Waals surface area contributed by atoms with Crippen molar-refractivity contribution in [3.8, 4) is 0 Å². The second-order valence-electron chi connectivity index (χ2n) is 8.02. The van der Waals surface area contributed by atoms with Crippen LogP contribution in [0.5, 0.6) is 0 Å². The maximum absolute atomic E-state index is 13.4. The van der Waals surface area contributed by atoms with Gasteiger partial charge in [-0.05, 0) is 81.3 Å². The maximum Gasteiger partial charge on any atom is 0.253 e. The molecule has 32 heavy (non-hydrogen) atoms. The molecular formula is C22H29N3O5S2.